The predicted octanol–water partition coefficient (Wildman–Crippen LogP) is 8.00. The molecule has 0 bridgehead atoms. The third kappa shape index (κ3) is 5.13. The Morgan fingerprint density at radius 3 is 2.28 bits per heavy atom. The Morgan fingerprint density at radius 2 is 1.49 bits per heavy atom. The molecule has 0 aliphatic heterocycles. The Kier molecular flexibility index (Phi) is 6.80. The summed E-state index contributed by atoms with van der Waals surface area (Å²) in [5, 5.41) is 9.51. The maximum Gasteiger partial charge on any atom is 0.335 e. The average Bonchev–Trinajstić information content (AvgIpc) is 3.37. The lowest BCUT2D eigenvalue weighted by molar-refractivity contribution is 0.0696. The van der Waals surface area contributed by atoms with Crippen LogP contribution in [0.4, 0.5) is 0 Å². The minimum Gasteiger partial charge on any atom is -0.478 e. The monoisotopic (exact) mass is 514 g/mol. The molecule has 5 aromatic rings. The maximum atomic E-state index is 13.4. The third-order valence-corrected chi connectivity index (χ3v) is 7.72. The van der Waals surface area contributed by atoms with Gasteiger partial charge in [-0.1, -0.05) is 92.1 Å². The summed E-state index contributed by atoms with van der Waals surface area (Å²) < 4.78 is 2.27. The number of carboxylic acids is 1. The van der Waals surface area contributed by atoms with Gasteiger partial charge in [0.15, 0.2) is 5.78 Å². The van der Waals surface area contributed by atoms with E-state index in [1.165, 1.54) is 6.42 Å². The number of carbonyl (C=O) groups is 2. The number of rotatable bonds is 7. The van der Waals surface area contributed by atoms with Crippen molar-refractivity contribution < 1.29 is 14.7 Å². The molecule has 1 aliphatic carbocycles. The number of imidazole rings is 1. The molecule has 0 unspecified atom stereocenters. The first-order chi connectivity index (χ1) is 19.1. The van der Waals surface area contributed by atoms with E-state index in [4.69, 9.17) is 4.98 Å². The Balaban J connectivity index is 1.34. The summed E-state index contributed by atoms with van der Waals surface area (Å²) in [6, 6.07) is 31.5. The fourth-order valence-corrected chi connectivity index (χ4v) is 5.75. The molecule has 39 heavy (non-hydrogen) atoms. The van der Waals surface area contributed by atoms with Crippen LogP contribution < -0.4 is 0 Å². The van der Waals surface area contributed by atoms with Crippen LogP contribution >= 0.6 is 0 Å². The SMILES string of the molecule is O=C(O)c1ccc2c(c1)nc(-c1cccc(C(=O)Cc3cccc(-c4ccccc4)c3)c1)n2C1CCCCC1. The van der Waals surface area contributed by atoms with Gasteiger partial charge < -0.3 is 9.67 Å². The van der Waals surface area contributed by atoms with Crippen LogP contribution in [0.25, 0.3) is 33.5 Å². The van der Waals surface area contributed by atoms with E-state index < -0.39 is 5.97 Å². The Labute approximate surface area is 227 Å². The highest BCUT2D eigenvalue weighted by Crippen LogP contribution is 2.36. The van der Waals surface area contributed by atoms with Crippen LogP contribution in [-0.2, 0) is 6.42 Å². The second kappa shape index (κ2) is 10.7. The van der Waals surface area contributed by atoms with Crippen LogP contribution in [0.15, 0.2) is 97.1 Å². The molecule has 0 spiro atoms. The molecular weight excluding hydrogens is 484 g/mol. The van der Waals surface area contributed by atoms with E-state index in [-0.39, 0.29) is 11.3 Å². The molecule has 0 atom stereocenters. The molecule has 1 N–H and O–H groups in total. The number of fused-ring (bicyclic) bond motifs is 1. The van der Waals surface area contributed by atoms with E-state index in [1.807, 2.05) is 60.7 Å². The van der Waals surface area contributed by atoms with Gasteiger partial charge in [0.2, 0.25) is 0 Å². The topological polar surface area (TPSA) is 72.2 Å². The molecule has 0 saturated heterocycles. The van der Waals surface area contributed by atoms with Crippen molar-refractivity contribution >= 4 is 22.8 Å². The van der Waals surface area contributed by atoms with Gasteiger partial charge in [-0.2, -0.15) is 0 Å². The highest BCUT2D eigenvalue weighted by Gasteiger charge is 2.23. The van der Waals surface area contributed by atoms with Gasteiger partial charge in [0, 0.05) is 23.6 Å². The zero-order valence-electron chi connectivity index (χ0n) is 21.7. The normalized spacial score (nSPS) is 13.9. The second-order valence-corrected chi connectivity index (χ2v) is 10.4. The highest BCUT2D eigenvalue weighted by molar-refractivity contribution is 5.99. The molecule has 1 saturated carbocycles. The van der Waals surface area contributed by atoms with E-state index in [0.29, 0.717) is 23.5 Å². The van der Waals surface area contributed by atoms with Crippen molar-refractivity contribution in [2.24, 2.45) is 0 Å². The number of ketones is 1. The summed E-state index contributed by atoms with van der Waals surface area (Å²) in [5.41, 5.74) is 6.55. The number of nitrogens with zero attached hydrogens (tertiary/aromatic N) is 2. The van der Waals surface area contributed by atoms with Crippen molar-refractivity contribution in [3.8, 4) is 22.5 Å². The van der Waals surface area contributed by atoms with Crippen LogP contribution in [0.3, 0.4) is 0 Å². The lowest BCUT2D eigenvalue weighted by Gasteiger charge is -2.25. The lowest BCUT2D eigenvalue weighted by atomic mass is 9.94. The number of aromatic nitrogens is 2. The van der Waals surface area contributed by atoms with E-state index in [9.17, 15) is 14.7 Å². The molecule has 1 heterocycles. The fourth-order valence-electron chi connectivity index (χ4n) is 5.75. The summed E-state index contributed by atoms with van der Waals surface area (Å²) >= 11 is 0. The van der Waals surface area contributed by atoms with Gasteiger partial charge in [-0.05, 0) is 53.8 Å². The zero-order valence-corrected chi connectivity index (χ0v) is 21.7. The van der Waals surface area contributed by atoms with Gasteiger partial charge in [-0.25, -0.2) is 9.78 Å². The minimum absolute atomic E-state index is 0.0514. The van der Waals surface area contributed by atoms with E-state index in [0.717, 1.165) is 59.3 Å². The smallest absolute Gasteiger partial charge is 0.335 e. The van der Waals surface area contributed by atoms with Gasteiger partial charge >= 0.3 is 5.97 Å². The average molecular weight is 515 g/mol. The summed E-state index contributed by atoms with van der Waals surface area (Å²) in [6.45, 7) is 0. The first-order valence-corrected chi connectivity index (χ1v) is 13.6. The van der Waals surface area contributed by atoms with E-state index >= 15 is 0 Å². The molecule has 1 aliphatic rings. The standard InChI is InChI=1S/C34H30N2O3/c37-32(20-23-9-7-12-25(19-23)24-10-3-1-4-11-24)26-13-8-14-27(21-26)33-35-30-22-28(34(38)39)17-18-31(30)36(33)29-15-5-2-6-16-29/h1,3-4,7-14,17-19,21-22,29H,2,5-6,15-16,20H2,(H,38,39). The van der Waals surface area contributed by atoms with Gasteiger partial charge in [-0.3, -0.25) is 4.79 Å². The van der Waals surface area contributed by atoms with Crippen molar-refractivity contribution in [2.45, 2.75) is 44.6 Å². The van der Waals surface area contributed by atoms with Crippen LogP contribution in [0.1, 0.15) is 64.4 Å². The maximum absolute atomic E-state index is 13.4. The zero-order chi connectivity index (χ0) is 26.8. The fraction of sp³-hybridized carbons (Fsp3) is 0.206. The van der Waals surface area contributed by atoms with Crippen molar-refractivity contribution in [1.29, 1.82) is 0 Å². The Bertz CT molecular complexity index is 1660. The molecular formula is C34H30N2O3. The quantitative estimate of drug-likeness (QED) is 0.223. The minimum atomic E-state index is -0.963. The van der Waals surface area contributed by atoms with Crippen molar-refractivity contribution in [3.63, 3.8) is 0 Å². The molecule has 0 radical (unpaired) electrons. The molecule has 1 aromatic heterocycles. The Morgan fingerprint density at radius 1 is 0.744 bits per heavy atom. The van der Waals surface area contributed by atoms with Crippen LogP contribution in [0.2, 0.25) is 0 Å². The number of Topliss-reactive ketones (excluding diaryl/α,β-unsaturated/α-hetero) is 1. The van der Waals surface area contributed by atoms with Gasteiger partial charge in [0.25, 0.3) is 0 Å². The van der Waals surface area contributed by atoms with Crippen LogP contribution in [-0.4, -0.2) is 26.4 Å². The number of aromatic carboxylic acids is 1. The van der Waals surface area contributed by atoms with Crippen LogP contribution in [0.5, 0.6) is 0 Å². The summed E-state index contributed by atoms with van der Waals surface area (Å²) in [6.07, 6.45) is 6.00. The van der Waals surface area contributed by atoms with E-state index in [2.05, 4.69) is 28.8 Å². The first-order valence-electron chi connectivity index (χ1n) is 13.6. The molecule has 5 heteroatoms. The van der Waals surface area contributed by atoms with Crippen molar-refractivity contribution in [1.82, 2.24) is 9.55 Å². The number of hydrogen-bond donors (Lipinski definition) is 1. The summed E-state index contributed by atoms with van der Waals surface area (Å²) in [5.74, 6) is -0.120. The lowest BCUT2D eigenvalue weighted by Crippen LogP contribution is -2.14. The number of hydrogen-bond acceptors (Lipinski definition) is 3. The predicted molar refractivity (Wildman–Crippen MR) is 154 cm³/mol. The summed E-state index contributed by atoms with van der Waals surface area (Å²) in [4.78, 5) is 30.0. The van der Waals surface area contributed by atoms with Crippen molar-refractivity contribution in [2.75, 3.05) is 0 Å². The number of benzene rings is 4. The van der Waals surface area contributed by atoms with Gasteiger partial charge in [0.05, 0.1) is 16.6 Å². The first kappa shape index (κ1) is 24.8. The third-order valence-electron chi connectivity index (χ3n) is 7.72. The van der Waals surface area contributed by atoms with Crippen LogP contribution in [0, 0.1) is 0 Å². The number of carboxylic acid groups (broad SMARTS) is 1. The number of carbonyl (C=O) groups excluding carboxylic acids is 1. The summed E-state index contributed by atoms with van der Waals surface area (Å²) in [7, 11) is 0. The van der Waals surface area contributed by atoms with E-state index in [1.54, 1.807) is 12.1 Å². The van der Waals surface area contributed by atoms with Gasteiger partial charge in [-0.15, -0.1) is 0 Å². The largest absolute Gasteiger partial charge is 0.478 e. The molecule has 0 amide bonds. The molecule has 6 rings (SSSR count). The molecule has 5 nitrogen and oxygen atoms in total. The second-order valence-electron chi connectivity index (χ2n) is 10.4. The Hall–Kier alpha value is -4.51. The molecule has 4 aromatic carbocycles. The molecule has 194 valence electrons. The highest BCUT2D eigenvalue weighted by atomic mass is 16.4. The molecule has 1 fully saturated rings. The van der Waals surface area contributed by atoms with Gasteiger partial charge in [0.1, 0.15) is 5.82 Å². The van der Waals surface area contributed by atoms with Crippen molar-refractivity contribution in [3.05, 3.63) is 114 Å².